The third-order valence-corrected chi connectivity index (χ3v) is 3.85. The average molecular weight is 348 g/mol. The molecule has 1 aromatic rings. The molecule has 0 heterocycles. The van der Waals surface area contributed by atoms with E-state index < -0.39 is 6.04 Å². The zero-order valence-corrected chi connectivity index (χ0v) is 16.8. The minimum absolute atomic E-state index is 0.223. The topological polar surface area (TPSA) is 70.2 Å². The summed E-state index contributed by atoms with van der Waals surface area (Å²) < 4.78 is 0. The lowest BCUT2D eigenvalue weighted by Crippen LogP contribution is -2.51. The third-order valence-electron chi connectivity index (χ3n) is 3.85. The second kappa shape index (κ2) is 8.37. The van der Waals surface area contributed by atoms with Gasteiger partial charge < -0.3 is 16.0 Å². The van der Waals surface area contributed by atoms with Crippen molar-refractivity contribution in [3.8, 4) is 0 Å². The van der Waals surface area contributed by atoms with Crippen molar-refractivity contribution < 1.29 is 9.59 Å². The van der Waals surface area contributed by atoms with Gasteiger partial charge in [0.15, 0.2) is 0 Å². The molecule has 0 radical (unpaired) electrons. The summed E-state index contributed by atoms with van der Waals surface area (Å²) in [6.07, 6.45) is 0. The van der Waals surface area contributed by atoms with Gasteiger partial charge >= 0.3 is 6.03 Å². The van der Waals surface area contributed by atoms with Crippen molar-refractivity contribution in [1.29, 1.82) is 0 Å². The Bertz CT molecular complexity index is 590. The van der Waals surface area contributed by atoms with E-state index in [1.54, 1.807) is 6.92 Å². The van der Waals surface area contributed by atoms with Gasteiger partial charge in [0.25, 0.3) is 0 Å². The molecule has 0 saturated heterocycles. The Morgan fingerprint density at radius 3 is 1.80 bits per heavy atom. The number of para-hydroxylation sites is 1. The summed E-state index contributed by atoms with van der Waals surface area (Å²) in [5, 5.41) is 8.52. The van der Waals surface area contributed by atoms with Gasteiger partial charge in [-0.2, -0.15) is 0 Å². The summed E-state index contributed by atoms with van der Waals surface area (Å²) in [5.41, 5.74) is 2.72. The number of anilines is 1. The fraction of sp³-hybridized carbons (Fsp3) is 0.600. The zero-order valence-electron chi connectivity index (χ0n) is 16.8. The molecule has 0 spiro atoms. The number of rotatable bonds is 5. The molecule has 1 aromatic carbocycles. The van der Waals surface area contributed by atoms with Crippen LogP contribution in [0.4, 0.5) is 10.5 Å². The smallest absolute Gasteiger partial charge is 0.315 e. The first-order valence-corrected chi connectivity index (χ1v) is 8.94. The Morgan fingerprint density at radius 1 is 0.920 bits per heavy atom. The fourth-order valence-corrected chi connectivity index (χ4v) is 2.57. The van der Waals surface area contributed by atoms with Gasteiger partial charge in [-0.1, -0.05) is 45.9 Å². The number of carbonyl (C=O) groups excluding carboxylic acids is 2. The summed E-state index contributed by atoms with van der Waals surface area (Å²) in [6, 6.07) is 5.12. The van der Waals surface area contributed by atoms with Crippen LogP contribution in [-0.4, -0.2) is 23.5 Å². The maximum Gasteiger partial charge on any atom is 0.315 e. The normalized spacial score (nSPS) is 12.9. The second-order valence-corrected chi connectivity index (χ2v) is 8.18. The first-order valence-electron chi connectivity index (χ1n) is 8.94. The highest BCUT2D eigenvalue weighted by atomic mass is 16.2. The molecule has 25 heavy (non-hydrogen) atoms. The molecule has 0 aliphatic heterocycles. The number of hydrogen-bond donors (Lipinski definition) is 3. The molecule has 1 rings (SSSR count). The molecule has 0 fully saturated rings. The highest BCUT2D eigenvalue weighted by Gasteiger charge is 2.22. The molecule has 140 valence electrons. The average Bonchev–Trinajstić information content (AvgIpc) is 2.44. The number of amides is 3. The molecule has 1 atom stereocenters. The van der Waals surface area contributed by atoms with Crippen molar-refractivity contribution in [2.75, 3.05) is 5.32 Å². The van der Waals surface area contributed by atoms with E-state index in [-0.39, 0.29) is 17.5 Å². The molecule has 0 saturated carbocycles. The lowest BCUT2D eigenvalue weighted by atomic mass is 9.92. The van der Waals surface area contributed by atoms with Crippen LogP contribution in [0.2, 0.25) is 0 Å². The van der Waals surface area contributed by atoms with Crippen molar-refractivity contribution in [1.82, 2.24) is 10.6 Å². The van der Waals surface area contributed by atoms with E-state index >= 15 is 0 Å². The van der Waals surface area contributed by atoms with Crippen LogP contribution in [0.25, 0.3) is 0 Å². The minimum atomic E-state index is -0.636. The molecule has 0 bridgehead atoms. The summed E-state index contributed by atoms with van der Waals surface area (Å²) in [7, 11) is 0. The van der Waals surface area contributed by atoms with Gasteiger partial charge in [-0.25, -0.2) is 4.79 Å². The molecule has 0 aromatic heterocycles. The lowest BCUT2D eigenvalue weighted by Gasteiger charge is -2.24. The predicted octanol–water partition coefficient (Wildman–Crippen LogP) is 4.36. The molecule has 0 aliphatic carbocycles. The number of nitrogens with one attached hydrogen (secondary N) is 3. The molecule has 5 heteroatoms. The van der Waals surface area contributed by atoms with Crippen LogP contribution in [0.5, 0.6) is 0 Å². The fourth-order valence-electron chi connectivity index (χ4n) is 2.57. The van der Waals surface area contributed by atoms with E-state index in [1.165, 1.54) is 0 Å². The lowest BCUT2D eigenvalue weighted by molar-refractivity contribution is -0.117. The highest BCUT2D eigenvalue weighted by Crippen LogP contribution is 2.32. The Balaban J connectivity index is 2.94. The van der Waals surface area contributed by atoms with Crippen molar-refractivity contribution in [3.63, 3.8) is 0 Å². The van der Waals surface area contributed by atoms with Gasteiger partial charge in [0.1, 0.15) is 6.04 Å². The summed E-state index contributed by atoms with van der Waals surface area (Å²) >= 11 is 0. The van der Waals surface area contributed by atoms with E-state index in [0.717, 1.165) is 16.8 Å². The van der Waals surface area contributed by atoms with Gasteiger partial charge in [-0.3, -0.25) is 4.79 Å². The van der Waals surface area contributed by atoms with E-state index in [4.69, 9.17) is 0 Å². The van der Waals surface area contributed by atoms with Gasteiger partial charge in [0, 0.05) is 11.2 Å². The third kappa shape index (κ3) is 6.40. The maximum absolute atomic E-state index is 12.6. The quantitative estimate of drug-likeness (QED) is 0.741. The van der Waals surface area contributed by atoms with Crippen molar-refractivity contribution in [3.05, 3.63) is 29.3 Å². The van der Waals surface area contributed by atoms with Crippen LogP contribution >= 0.6 is 0 Å². The number of carbonyl (C=O) groups is 2. The van der Waals surface area contributed by atoms with Gasteiger partial charge in [-0.15, -0.1) is 0 Å². The molecule has 0 aliphatic rings. The Morgan fingerprint density at radius 2 is 1.40 bits per heavy atom. The zero-order chi connectivity index (χ0) is 19.4. The largest absolute Gasteiger partial charge is 0.334 e. The highest BCUT2D eigenvalue weighted by molar-refractivity contribution is 5.98. The number of hydrogen-bond acceptors (Lipinski definition) is 2. The molecular weight excluding hydrogens is 314 g/mol. The molecular formula is C20H33N3O2. The SMILES string of the molecule is CC(NC(=O)NC(C)(C)C)C(=O)Nc1c(C(C)C)cccc1C(C)C. The molecule has 1 unspecified atom stereocenters. The van der Waals surface area contributed by atoms with Crippen molar-refractivity contribution in [2.45, 2.75) is 78.8 Å². The summed E-state index contributed by atoms with van der Waals surface area (Å²) in [5.74, 6) is 0.363. The van der Waals surface area contributed by atoms with Gasteiger partial charge in [0.05, 0.1) is 0 Å². The summed E-state index contributed by atoms with van der Waals surface area (Å²) in [6.45, 7) is 15.8. The van der Waals surface area contributed by atoms with Crippen molar-refractivity contribution in [2.24, 2.45) is 0 Å². The van der Waals surface area contributed by atoms with Crippen molar-refractivity contribution >= 4 is 17.6 Å². The van der Waals surface area contributed by atoms with Crippen LogP contribution in [0.1, 0.15) is 78.4 Å². The van der Waals surface area contributed by atoms with Gasteiger partial charge in [-0.05, 0) is 50.7 Å². The predicted molar refractivity (Wildman–Crippen MR) is 104 cm³/mol. The monoisotopic (exact) mass is 347 g/mol. The van der Waals surface area contributed by atoms with Crippen LogP contribution in [0.15, 0.2) is 18.2 Å². The maximum atomic E-state index is 12.6. The van der Waals surface area contributed by atoms with E-state index in [9.17, 15) is 9.59 Å². The number of urea groups is 1. The first-order chi connectivity index (χ1) is 11.4. The van der Waals surface area contributed by atoms with Crippen LogP contribution in [0.3, 0.4) is 0 Å². The second-order valence-electron chi connectivity index (χ2n) is 8.18. The van der Waals surface area contributed by atoms with Crippen LogP contribution in [0, 0.1) is 0 Å². The number of benzene rings is 1. The van der Waals surface area contributed by atoms with Crippen LogP contribution < -0.4 is 16.0 Å². The Kier molecular flexibility index (Phi) is 7.03. The Hall–Kier alpha value is -2.04. The van der Waals surface area contributed by atoms with E-state index in [2.05, 4.69) is 43.6 Å². The molecule has 5 nitrogen and oxygen atoms in total. The summed E-state index contributed by atoms with van der Waals surface area (Å²) in [4.78, 5) is 24.6. The molecule has 3 N–H and O–H groups in total. The first kappa shape index (κ1) is 21.0. The van der Waals surface area contributed by atoms with Gasteiger partial charge in [0.2, 0.25) is 5.91 Å². The van der Waals surface area contributed by atoms with E-state index in [1.807, 2.05) is 39.0 Å². The van der Waals surface area contributed by atoms with Crippen LogP contribution in [-0.2, 0) is 4.79 Å². The molecule has 3 amide bonds. The van der Waals surface area contributed by atoms with E-state index in [0.29, 0.717) is 11.8 Å². The minimum Gasteiger partial charge on any atom is -0.334 e. The standard InChI is InChI=1S/C20H33N3O2/c1-12(2)15-10-9-11-16(13(3)4)17(15)22-18(24)14(5)21-19(25)23-20(6,7)8/h9-14H,1-8H3,(H,22,24)(H2,21,23,25). The Labute approximate surface area is 152 Å².